The molecule has 4 heteroatoms. The van der Waals surface area contributed by atoms with Crippen LogP contribution in [0.25, 0.3) is 11.3 Å². The average Bonchev–Trinajstić information content (AvgIpc) is 2.56. The first-order valence-corrected chi connectivity index (χ1v) is 7.59. The van der Waals surface area contributed by atoms with Crippen molar-refractivity contribution in [3.8, 4) is 17.0 Å². The highest BCUT2D eigenvalue weighted by atomic mass is 16.5. The zero-order chi connectivity index (χ0) is 14.5. The van der Waals surface area contributed by atoms with E-state index in [0.29, 0.717) is 6.04 Å². The second kappa shape index (κ2) is 6.57. The minimum Gasteiger partial charge on any atom is -0.497 e. The molecule has 4 nitrogen and oxygen atoms in total. The van der Waals surface area contributed by atoms with Gasteiger partial charge in [0.05, 0.1) is 12.8 Å². The SMILES string of the molecule is COc1cccc(-c2ccnc(NC3CCCCC3)n2)c1. The molecular formula is C17H21N3O. The van der Waals surface area contributed by atoms with E-state index < -0.39 is 0 Å². The molecule has 1 aromatic heterocycles. The van der Waals surface area contributed by atoms with Crippen molar-refractivity contribution in [2.24, 2.45) is 0 Å². The highest BCUT2D eigenvalue weighted by molar-refractivity contribution is 5.62. The van der Waals surface area contributed by atoms with Crippen molar-refractivity contribution in [2.45, 2.75) is 38.1 Å². The topological polar surface area (TPSA) is 47.0 Å². The zero-order valence-corrected chi connectivity index (χ0v) is 12.4. The van der Waals surface area contributed by atoms with Crippen LogP contribution in [-0.4, -0.2) is 23.1 Å². The molecule has 1 aliphatic rings. The molecule has 2 aromatic rings. The molecule has 0 atom stereocenters. The molecule has 1 saturated carbocycles. The fourth-order valence-corrected chi connectivity index (χ4v) is 2.80. The van der Waals surface area contributed by atoms with Gasteiger partial charge in [0.25, 0.3) is 0 Å². The van der Waals surface area contributed by atoms with Gasteiger partial charge in [-0.1, -0.05) is 31.4 Å². The molecule has 0 unspecified atom stereocenters. The molecule has 0 radical (unpaired) electrons. The van der Waals surface area contributed by atoms with Gasteiger partial charge in [-0.25, -0.2) is 9.97 Å². The molecule has 3 rings (SSSR count). The van der Waals surface area contributed by atoms with Crippen LogP contribution in [-0.2, 0) is 0 Å². The van der Waals surface area contributed by atoms with Gasteiger partial charge in [0, 0.05) is 17.8 Å². The summed E-state index contributed by atoms with van der Waals surface area (Å²) in [5.41, 5.74) is 1.96. The van der Waals surface area contributed by atoms with Gasteiger partial charge in [-0.3, -0.25) is 0 Å². The van der Waals surface area contributed by atoms with Gasteiger partial charge < -0.3 is 10.1 Å². The fraction of sp³-hybridized carbons (Fsp3) is 0.412. The van der Waals surface area contributed by atoms with Crippen LogP contribution in [0, 0.1) is 0 Å². The van der Waals surface area contributed by atoms with Crippen LogP contribution < -0.4 is 10.1 Å². The average molecular weight is 283 g/mol. The summed E-state index contributed by atoms with van der Waals surface area (Å²) in [6.07, 6.45) is 8.19. The maximum Gasteiger partial charge on any atom is 0.223 e. The van der Waals surface area contributed by atoms with Crippen molar-refractivity contribution in [1.82, 2.24) is 9.97 Å². The van der Waals surface area contributed by atoms with E-state index in [-0.39, 0.29) is 0 Å². The number of anilines is 1. The van der Waals surface area contributed by atoms with Crippen LogP contribution in [0.15, 0.2) is 36.5 Å². The molecule has 21 heavy (non-hydrogen) atoms. The smallest absolute Gasteiger partial charge is 0.223 e. The third kappa shape index (κ3) is 3.51. The monoisotopic (exact) mass is 283 g/mol. The zero-order valence-electron chi connectivity index (χ0n) is 12.4. The normalized spacial score (nSPS) is 15.7. The first-order valence-electron chi connectivity index (χ1n) is 7.59. The van der Waals surface area contributed by atoms with Gasteiger partial charge in [-0.05, 0) is 31.0 Å². The van der Waals surface area contributed by atoms with E-state index in [1.54, 1.807) is 7.11 Å². The van der Waals surface area contributed by atoms with E-state index in [0.717, 1.165) is 23.0 Å². The Morgan fingerprint density at radius 2 is 2.00 bits per heavy atom. The molecule has 1 fully saturated rings. The molecule has 0 spiro atoms. The molecular weight excluding hydrogens is 262 g/mol. The van der Waals surface area contributed by atoms with Crippen LogP contribution in [0.3, 0.4) is 0 Å². The van der Waals surface area contributed by atoms with E-state index in [2.05, 4.69) is 15.3 Å². The van der Waals surface area contributed by atoms with Crippen molar-refractivity contribution < 1.29 is 4.74 Å². The quantitative estimate of drug-likeness (QED) is 0.924. The standard InChI is InChI=1S/C17H21N3O/c1-21-15-9-5-6-13(12-15)16-10-11-18-17(20-16)19-14-7-3-2-4-8-14/h5-6,9-12,14H,2-4,7-8H2,1H3,(H,18,19,20). The maximum absolute atomic E-state index is 5.27. The number of hydrogen-bond acceptors (Lipinski definition) is 4. The Balaban J connectivity index is 1.78. The number of benzene rings is 1. The summed E-state index contributed by atoms with van der Waals surface area (Å²) in [4.78, 5) is 8.98. The molecule has 110 valence electrons. The Kier molecular flexibility index (Phi) is 4.34. The van der Waals surface area contributed by atoms with Crippen LogP contribution in [0.1, 0.15) is 32.1 Å². The van der Waals surface area contributed by atoms with Gasteiger partial charge in [0.2, 0.25) is 5.95 Å². The van der Waals surface area contributed by atoms with Gasteiger partial charge in [0.15, 0.2) is 0 Å². The summed E-state index contributed by atoms with van der Waals surface area (Å²) in [5.74, 6) is 1.56. The number of ether oxygens (including phenoxy) is 1. The van der Waals surface area contributed by atoms with Crippen LogP contribution in [0.4, 0.5) is 5.95 Å². The van der Waals surface area contributed by atoms with Gasteiger partial charge in [-0.15, -0.1) is 0 Å². The predicted octanol–water partition coefficient (Wildman–Crippen LogP) is 3.90. The first-order chi connectivity index (χ1) is 10.3. The van der Waals surface area contributed by atoms with Crippen molar-refractivity contribution in [3.05, 3.63) is 36.5 Å². The van der Waals surface area contributed by atoms with Crippen molar-refractivity contribution in [2.75, 3.05) is 12.4 Å². The number of hydrogen-bond donors (Lipinski definition) is 1. The summed E-state index contributed by atoms with van der Waals surface area (Å²) in [6, 6.07) is 10.4. The second-order valence-electron chi connectivity index (χ2n) is 5.48. The minimum atomic E-state index is 0.513. The number of rotatable bonds is 4. The van der Waals surface area contributed by atoms with Gasteiger partial charge in [0.1, 0.15) is 5.75 Å². The lowest BCUT2D eigenvalue weighted by atomic mass is 9.96. The molecule has 0 aliphatic heterocycles. The summed E-state index contributed by atoms with van der Waals surface area (Å²) in [6.45, 7) is 0. The summed E-state index contributed by atoms with van der Waals surface area (Å²) in [7, 11) is 1.68. The minimum absolute atomic E-state index is 0.513. The molecule has 0 amide bonds. The molecule has 1 aliphatic carbocycles. The lowest BCUT2D eigenvalue weighted by Crippen LogP contribution is -2.23. The third-order valence-electron chi connectivity index (χ3n) is 3.96. The Morgan fingerprint density at radius 1 is 1.14 bits per heavy atom. The van der Waals surface area contributed by atoms with Crippen LogP contribution in [0.5, 0.6) is 5.75 Å². The van der Waals surface area contributed by atoms with Crippen LogP contribution >= 0.6 is 0 Å². The van der Waals surface area contributed by atoms with Crippen molar-refractivity contribution in [1.29, 1.82) is 0 Å². The number of methoxy groups -OCH3 is 1. The molecule has 1 N–H and O–H groups in total. The maximum atomic E-state index is 5.27. The largest absolute Gasteiger partial charge is 0.497 e. The lowest BCUT2D eigenvalue weighted by Gasteiger charge is -2.22. The van der Waals surface area contributed by atoms with Crippen LogP contribution in [0.2, 0.25) is 0 Å². The summed E-state index contributed by atoms with van der Waals surface area (Å²) >= 11 is 0. The first kappa shape index (κ1) is 13.9. The number of aromatic nitrogens is 2. The lowest BCUT2D eigenvalue weighted by molar-refractivity contribution is 0.415. The van der Waals surface area contributed by atoms with Gasteiger partial charge >= 0.3 is 0 Å². The van der Waals surface area contributed by atoms with Crippen molar-refractivity contribution in [3.63, 3.8) is 0 Å². The van der Waals surface area contributed by atoms with Gasteiger partial charge in [-0.2, -0.15) is 0 Å². The fourth-order valence-electron chi connectivity index (χ4n) is 2.80. The highest BCUT2D eigenvalue weighted by Crippen LogP contribution is 2.24. The Morgan fingerprint density at radius 3 is 2.81 bits per heavy atom. The van der Waals surface area contributed by atoms with E-state index in [4.69, 9.17) is 4.74 Å². The molecule has 1 heterocycles. The molecule has 1 aromatic carbocycles. The highest BCUT2D eigenvalue weighted by Gasteiger charge is 2.14. The Labute approximate surface area is 125 Å². The third-order valence-corrected chi connectivity index (χ3v) is 3.96. The van der Waals surface area contributed by atoms with E-state index in [1.165, 1.54) is 32.1 Å². The Bertz CT molecular complexity index is 594. The number of nitrogens with one attached hydrogen (secondary N) is 1. The van der Waals surface area contributed by atoms with E-state index in [9.17, 15) is 0 Å². The number of nitrogens with zero attached hydrogens (tertiary/aromatic N) is 2. The molecule has 0 bridgehead atoms. The molecule has 0 saturated heterocycles. The van der Waals surface area contributed by atoms with Crippen molar-refractivity contribution >= 4 is 5.95 Å². The summed E-state index contributed by atoms with van der Waals surface area (Å²) in [5, 5.41) is 3.47. The van der Waals surface area contributed by atoms with E-state index >= 15 is 0 Å². The van der Waals surface area contributed by atoms with E-state index in [1.807, 2.05) is 36.5 Å². The predicted molar refractivity (Wildman–Crippen MR) is 84.5 cm³/mol. The summed E-state index contributed by atoms with van der Waals surface area (Å²) < 4.78 is 5.27. The second-order valence-corrected chi connectivity index (χ2v) is 5.48. The Hall–Kier alpha value is -2.10.